The average Bonchev–Trinajstić information content (AvgIpc) is 2.03. The Labute approximate surface area is 74.4 Å². The second-order valence-corrected chi connectivity index (χ2v) is 2.83. The minimum atomic E-state index is 0.977. The summed E-state index contributed by atoms with van der Waals surface area (Å²) in [4.78, 5) is 0. The van der Waals surface area contributed by atoms with Crippen LogP contribution in [0, 0.1) is 0 Å². The first-order chi connectivity index (χ1) is 5.34. The number of para-hydroxylation sites is 1. The molecule has 0 bridgehead atoms. The zero-order chi connectivity index (χ0) is 8.10. The number of benzene rings is 1. The van der Waals surface area contributed by atoms with Gasteiger partial charge in [0.1, 0.15) is 0 Å². The number of nitrogens with zero attached hydrogens (tertiary/aromatic N) is 1. The van der Waals surface area contributed by atoms with Crippen LogP contribution in [-0.2, 0) is 0 Å². The molecule has 0 aliphatic carbocycles. The molecule has 3 heteroatoms. The third-order valence-corrected chi connectivity index (χ3v) is 1.88. The van der Waals surface area contributed by atoms with Crippen molar-refractivity contribution in [1.29, 1.82) is 0 Å². The van der Waals surface area contributed by atoms with Crippen LogP contribution >= 0.6 is 15.9 Å². The van der Waals surface area contributed by atoms with Crippen molar-refractivity contribution in [2.75, 3.05) is 5.43 Å². The smallest absolute Gasteiger partial charge is 0.0703 e. The largest absolute Gasteiger partial charge is 0.278 e. The van der Waals surface area contributed by atoms with Gasteiger partial charge in [-0.2, -0.15) is 5.10 Å². The van der Waals surface area contributed by atoms with Crippen molar-refractivity contribution >= 4 is 27.8 Å². The van der Waals surface area contributed by atoms with Gasteiger partial charge in [-0.3, -0.25) is 5.43 Å². The van der Waals surface area contributed by atoms with E-state index in [0.717, 1.165) is 10.2 Å². The fraction of sp³-hybridized carbons (Fsp3) is 0.125. The normalized spacial score (nSPS) is 10.4. The van der Waals surface area contributed by atoms with E-state index in [2.05, 4.69) is 26.5 Å². The zero-order valence-corrected chi connectivity index (χ0v) is 7.80. The van der Waals surface area contributed by atoms with Gasteiger partial charge < -0.3 is 0 Å². The summed E-state index contributed by atoms with van der Waals surface area (Å²) >= 11 is 3.39. The zero-order valence-electron chi connectivity index (χ0n) is 6.21. The lowest BCUT2D eigenvalue weighted by Gasteiger charge is -2.00. The quantitative estimate of drug-likeness (QED) is 0.592. The van der Waals surface area contributed by atoms with E-state index in [0.29, 0.717) is 0 Å². The Morgan fingerprint density at radius 3 is 2.82 bits per heavy atom. The predicted octanol–water partition coefficient (Wildman–Crippen LogP) is 2.87. The van der Waals surface area contributed by atoms with E-state index in [1.807, 2.05) is 31.2 Å². The first-order valence-electron chi connectivity index (χ1n) is 3.33. The number of rotatable bonds is 2. The fourth-order valence-corrected chi connectivity index (χ4v) is 1.06. The average molecular weight is 213 g/mol. The summed E-state index contributed by atoms with van der Waals surface area (Å²) in [5.74, 6) is 0. The third-order valence-electron chi connectivity index (χ3n) is 1.19. The molecule has 2 nitrogen and oxygen atoms in total. The van der Waals surface area contributed by atoms with E-state index in [1.54, 1.807) is 6.21 Å². The minimum absolute atomic E-state index is 0.977. The molecule has 11 heavy (non-hydrogen) atoms. The van der Waals surface area contributed by atoms with Crippen molar-refractivity contribution in [3.05, 3.63) is 28.7 Å². The number of anilines is 1. The SMILES string of the molecule is CC=NNc1ccccc1Br. The van der Waals surface area contributed by atoms with Crippen LogP contribution in [0.3, 0.4) is 0 Å². The topological polar surface area (TPSA) is 24.4 Å². The molecule has 1 rings (SSSR count). The van der Waals surface area contributed by atoms with Crippen LogP contribution in [-0.4, -0.2) is 6.21 Å². The fourth-order valence-electron chi connectivity index (χ4n) is 0.686. The van der Waals surface area contributed by atoms with E-state index in [-0.39, 0.29) is 0 Å². The summed E-state index contributed by atoms with van der Waals surface area (Å²) in [6.07, 6.45) is 1.71. The van der Waals surface area contributed by atoms with Gasteiger partial charge in [-0.15, -0.1) is 0 Å². The lowest BCUT2D eigenvalue weighted by molar-refractivity contribution is 1.34. The Morgan fingerprint density at radius 2 is 2.18 bits per heavy atom. The summed E-state index contributed by atoms with van der Waals surface area (Å²) in [7, 11) is 0. The summed E-state index contributed by atoms with van der Waals surface area (Å²) < 4.78 is 1.02. The monoisotopic (exact) mass is 212 g/mol. The van der Waals surface area contributed by atoms with Crippen LogP contribution in [0.4, 0.5) is 5.69 Å². The van der Waals surface area contributed by atoms with E-state index in [1.165, 1.54) is 0 Å². The van der Waals surface area contributed by atoms with Crippen LogP contribution in [0.15, 0.2) is 33.8 Å². The van der Waals surface area contributed by atoms with Crippen molar-refractivity contribution in [3.8, 4) is 0 Å². The van der Waals surface area contributed by atoms with Gasteiger partial charge in [-0.05, 0) is 35.0 Å². The molecule has 1 aromatic rings. The number of nitrogens with one attached hydrogen (secondary N) is 1. The highest BCUT2D eigenvalue weighted by atomic mass is 79.9. The highest BCUT2D eigenvalue weighted by Gasteiger charge is 1.92. The van der Waals surface area contributed by atoms with Crippen molar-refractivity contribution in [3.63, 3.8) is 0 Å². The number of hydrazone groups is 1. The van der Waals surface area contributed by atoms with Gasteiger partial charge in [-0.1, -0.05) is 12.1 Å². The molecular weight excluding hydrogens is 204 g/mol. The van der Waals surface area contributed by atoms with E-state index >= 15 is 0 Å². The van der Waals surface area contributed by atoms with Crippen LogP contribution in [0.25, 0.3) is 0 Å². The first-order valence-corrected chi connectivity index (χ1v) is 4.12. The molecule has 58 valence electrons. The molecule has 0 fully saturated rings. The maximum atomic E-state index is 3.90. The van der Waals surface area contributed by atoms with Crippen molar-refractivity contribution < 1.29 is 0 Å². The van der Waals surface area contributed by atoms with Crippen molar-refractivity contribution in [1.82, 2.24) is 0 Å². The van der Waals surface area contributed by atoms with Crippen molar-refractivity contribution in [2.24, 2.45) is 5.10 Å². The molecule has 0 saturated carbocycles. The number of hydrogen-bond donors (Lipinski definition) is 1. The summed E-state index contributed by atoms with van der Waals surface area (Å²) in [6.45, 7) is 1.86. The second-order valence-electron chi connectivity index (χ2n) is 1.98. The van der Waals surface area contributed by atoms with Gasteiger partial charge in [0.05, 0.1) is 5.69 Å². The van der Waals surface area contributed by atoms with Crippen LogP contribution in [0.1, 0.15) is 6.92 Å². The third kappa shape index (κ3) is 2.35. The molecule has 1 N–H and O–H groups in total. The van der Waals surface area contributed by atoms with Crippen LogP contribution in [0.5, 0.6) is 0 Å². The van der Waals surface area contributed by atoms with Gasteiger partial charge in [0.25, 0.3) is 0 Å². The second kappa shape index (κ2) is 4.13. The van der Waals surface area contributed by atoms with E-state index in [9.17, 15) is 0 Å². The standard InChI is InChI=1S/C8H9BrN2/c1-2-10-11-8-6-4-3-5-7(8)9/h2-6,11H,1H3. The lowest BCUT2D eigenvalue weighted by atomic mass is 10.3. The molecular formula is C8H9BrN2. The molecule has 0 saturated heterocycles. The molecule has 0 aliphatic rings. The van der Waals surface area contributed by atoms with Crippen LogP contribution in [0.2, 0.25) is 0 Å². The Balaban J connectivity index is 2.77. The Bertz CT molecular complexity index is 258. The van der Waals surface area contributed by atoms with Gasteiger partial charge in [0.2, 0.25) is 0 Å². The molecule has 0 aliphatic heterocycles. The summed E-state index contributed by atoms with van der Waals surface area (Å²) in [5.41, 5.74) is 3.86. The maximum absolute atomic E-state index is 3.90. The number of hydrogen-bond acceptors (Lipinski definition) is 2. The van der Waals surface area contributed by atoms with Crippen molar-refractivity contribution in [2.45, 2.75) is 6.92 Å². The molecule has 0 aromatic heterocycles. The molecule has 0 radical (unpaired) electrons. The predicted molar refractivity (Wildman–Crippen MR) is 51.9 cm³/mol. The van der Waals surface area contributed by atoms with Gasteiger partial charge in [0, 0.05) is 10.7 Å². The van der Waals surface area contributed by atoms with E-state index in [4.69, 9.17) is 0 Å². The highest BCUT2D eigenvalue weighted by molar-refractivity contribution is 9.10. The molecule has 0 amide bonds. The summed E-state index contributed by atoms with van der Waals surface area (Å²) in [5, 5.41) is 3.90. The Hall–Kier alpha value is -0.830. The molecule has 0 unspecified atom stereocenters. The molecule has 1 aromatic carbocycles. The molecule has 0 heterocycles. The Kier molecular flexibility index (Phi) is 3.11. The van der Waals surface area contributed by atoms with E-state index < -0.39 is 0 Å². The lowest BCUT2D eigenvalue weighted by Crippen LogP contribution is -1.87. The first kappa shape index (κ1) is 8.27. The van der Waals surface area contributed by atoms with Crippen LogP contribution < -0.4 is 5.43 Å². The van der Waals surface area contributed by atoms with Gasteiger partial charge in [-0.25, -0.2) is 0 Å². The number of halogens is 1. The van der Waals surface area contributed by atoms with Gasteiger partial charge in [0.15, 0.2) is 0 Å². The highest BCUT2D eigenvalue weighted by Crippen LogP contribution is 2.20. The van der Waals surface area contributed by atoms with Gasteiger partial charge >= 0.3 is 0 Å². The maximum Gasteiger partial charge on any atom is 0.0703 e. The molecule has 0 atom stereocenters. The molecule has 0 spiro atoms. The summed E-state index contributed by atoms with van der Waals surface area (Å²) in [6, 6.07) is 7.84. The minimum Gasteiger partial charge on any atom is -0.278 e. The Morgan fingerprint density at radius 1 is 1.45 bits per heavy atom.